The summed E-state index contributed by atoms with van der Waals surface area (Å²) in [5.74, 6) is 0.869. The zero-order valence-corrected chi connectivity index (χ0v) is 13.5. The van der Waals surface area contributed by atoms with Gasteiger partial charge in [0.25, 0.3) is 0 Å². The molecule has 0 amide bonds. The fourth-order valence-electron chi connectivity index (χ4n) is 2.79. The molecule has 22 heavy (non-hydrogen) atoms. The Bertz CT molecular complexity index is 834. The van der Waals surface area contributed by atoms with Crippen LogP contribution < -0.4 is 0 Å². The van der Waals surface area contributed by atoms with Gasteiger partial charge in [0.1, 0.15) is 5.01 Å². The van der Waals surface area contributed by atoms with E-state index >= 15 is 0 Å². The van der Waals surface area contributed by atoms with Gasteiger partial charge < -0.3 is 4.57 Å². The summed E-state index contributed by atoms with van der Waals surface area (Å²) in [5, 5.41) is 4.47. The number of thiazole rings is 1. The van der Waals surface area contributed by atoms with E-state index in [1.165, 1.54) is 24.2 Å². The Morgan fingerprint density at radius 3 is 3.00 bits per heavy atom. The Balaban J connectivity index is 1.74. The molecule has 2 aromatic heterocycles. The van der Waals surface area contributed by atoms with Crippen LogP contribution in [0.5, 0.6) is 0 Å². The Hall–Kier alpha value is -1.65. The second-order valence-electron chi connectivity index (χ2n) is 5.83. The topological polar surface area (TPSA) is 34.9 Å². The van der Waals surface area contributed by atoms with E-state index in [1.54, 1.807) is 6.20 Å². The summed E-state index contributed by atoms with van der Waals surface area (Å²) in [6.45, 7) is 0.974. The van der Waals surface area contributed by atoms with Gasteiger partial charge in [-0.15, -0.1) is 11.3 Å². The lowest BCUT2D eigenvalue weighted by Gasteiger charge is -2.03. The van der Waals surface area contributed by atoms with Crippen LogP contribution in [-0.2, 0) is 13.0 Å². The molecule has 3 nitrogen and oxygen atoms in total. The zero-order chi connectivity index (χ0) is 15.1. The molecule has 0 aliphatic heterocycles. The van der Waals surface area contributed by atoms with Crippen LogP contribution in [0.25, 0.3) is 10.9 Å². The number of carbonyl (C=O) groups is 1. The van der Waals surface area contributed by atoms with Gasteiger partial charge in [-0.2, -0.15) is 0 Å². The minimum absolute atomic E-state index is 0.122. The first-order valence-corrected chi connectivity index (χ1v) is 8.66. The second-order valence-corrected chi connectivity index (χ2v) is 7.24. The van der Waals surface area contributed by atoms with Crippen molar-refractivity contribution < 1.29 is 4.79 Å². The van der Waals surface area contributed by atoms with E-state index in [-0.39, 0.29) is 5.78 Å². The second kappa shape index (κ2) is 5.52. The third kappa shape index (κ3) is 2.69. The lowest BCUT2D eigenvalue weighted by Crippen LogP contribution is -2.03. The molecule has 0 N–H and O–H groups in total. The summed E-state index contributed by atoms with van der Waals surface area (Å²) in [5.41, 5.74) is 1.84. The normalized spacial score (nSPS) is 14.6. The Morgan fingerprint density at radius 1 is 1.41 bits per heavy atom. The van der Waals surface area contributed by atoms with E-state index in [0.717, 1.165) is 33.9 Å². The first-order chi connectivity index (χ1) is 10.7. The Kier molecular flexibility index (Phi) is 3.51. The van der Waals surface area contributed by atoms with Gasteiger partial charge in [-0.05, 0) is 30.9 Å². The summed E-state index contributed by atoms with van der Waals surface area (Å²) in [6, 6.07) is 5.76. The van der Waals surface area contributed by atoms with Gasteiger partial charge in [-0.25, -0.2) is 4.98 Å². The van der Waals surface area contributed by atoms with Gasteiger partial charge in [0, 0.05) is 40.3 Å². The molecule has 4 rings (SSSR count). The van der Waals surface area contributed by atoms with Gasteiger partial charge in [0.15, 0.2) is 5.78 Å². The molecule has 1 aromatic carbocycles. The molecular formula is C17H15ClN2OS. The highest BCUT2D eigenvalue weighted by atomic mass is 35.5. The van der Waals surface area contributed by atoms with Crippen molar-refractivity contribution in [1.82, 2.24) is 9.55 Å². The van der Waals surface area contributed by atoms with E-state index < -0.39 is 0 Å². The number of fused-ring (bicyclic) bond motifs is 1. The minimum Gasteiger partial charge on any atom is -0.346 e. The lowest BCUT2D eigenvalue weighted by atomic mass is 10.1. The van der Waals surface area contributed by atoms with Crippen LogP contribution >= 0.6 is 22.9 Å². The zero-order valence-electron chi connectivity index (χ0n) is 12.0. The van der Waals surface area contributed by atoms with Crippen LogP contribution in [-0.4, -0.2) is 15.3 Å². The van der Waals surface area contributed by atoms with Gasteiger partial charge in [0.05, 0.1) is 11.9 Å². The van der Waals surface area contributed by atoms with Crippen molar-refractivity contribution in [2.24, 2.45) is 5.92 Å². The average molecular weight is 331 g/mol. The summed E-state index contributed by atoms with van der Waals surface area (Å²) in [7, 11) is 0. The van der Waals surface area contributed by atoms with Crippen LogP contribution in [0.2, 0.25) is 5.02 Å². The summed E-state index contributed by atoms with van der Waals surface area (Å²) in [4.78, 5) is 16.9. The van der Waals surface area contributed by atoms with Gasteiger partial charge >= 0.3 is 0 Å². The third-order valence-electron chi connectivity index (χ3n) is 4.09. The molecule has 5 heteroatoms. The van der Waals surface area contributed by atoms with Crippen molar-refractivity contribution in [3.63, 3.8) is 0 Å². The predicted octanol–water partition coefficient (Wildman–Crippen LogP) is 4.59. The number of halogens is 1. The molecule has 0 spiro atoms. The molecule has 0 unspecified atom stereocenters. The highest BCUT2D eigenvalue weighted by Gasteiger charge is 2.24. The fourth-order valence-corrected chi connectivity index (χ4v) is 3.57. The van der Waals surface area contributed by atoms with E-state index in [2.05, 4.69) is 9.55 Å². The molecule has 3 aromatic rings. The summed E-state index contributed by atoms with van der Waals surface area (Å²) in [6.07, 6.45) is 6.66. The number of aromatic nitrogens is 2. The quantitative estimate of drug-likeness (QED) is 0.641. The van der Waals surface area contributed by atoms with Crippen molar-refractivity contribution in [3.05, 3.63) is 51.6 Å². The number of hydrogen-bond donors (Lipinski definition) is 0. The molecule has 0 saturated heterocycles. The van der Waals surface area contributed by atoms with Crippen molar-refractivity contribution in [1.29, 1.82) is 0 Å². The highest BCUT2D eigenvalue weighted by Crippen LogP contribution is 2.34. The average Bonchev–Trinajstić information content (AvgIpc) is 3.03. The van der Waals surface area contributed by atoms with Crippen LogP contribution in [0.4, 0.5) is 0 Å². The van der Waals surface area contributed by atoms with Crippen LogP contribution in [0.1, 0.15) is 28.2 Å². The van der Waals surface area contributed by atoms with Crippen LogP contribution in [0.15, 0.2) is 36.0 Å². The first kappa shape index (κ1) is 14.0. The lowest BCUT2D eigenvalue weighted by molar-refractivity contribution is 0.0994. The van der Waals surface area contributed by atoms with Gasteiger partial charge in [0.2, 0.25) is 0 Å². The summed E-state index contributed by atoms with van der Waals surface area (Å²) < 4.78 is 2.19. The molecule has 0 radical (unpaired) electrons. The predicted molar refractivity (Wildman–Crippen MR) is 89.8 cm³/mol. The molecule has 0 atom stereocenters. The number of hydrogen-bond acceptors (Lipinski definition) is 3. The molecule has 112 valence electrons. The largest absolute Gasteiger partial charge is 0.346 e. The summed E-state index contributed by atoms with van der Waals surface area (Å²) >= 11 is 7.66. The number of nitrogens with zero attached hydrogens (tertiary/aromatic N) is 2. The van der Waals surface area contributed by atoms with E-state index in [1.807, 2.05) is 29.8 Å². The van der Waals surface area contributed by atoms with Crippen molar-refractivity contribution in [2.75, 3.05) is 0 Å². The number of carbonyl (C=O) groups excluding carboxylic acids is 1. The Morgan fingerprint density at radius 2 is 2.27 bits per heavy atom. The minimum atomic E-state index is 0.122. The van der Waals surface area contributed by atoms with E-state index in [4.69, 9.17) is 11.6 Å². The molecule has 2 heterocycles. The first-order valence-electron chi connectivity index (χ1n) is 7.40. The Labute approximate surface area is 137 Å². The molecule has 0 bridgehead atoms. The van der Waals surface area contributed by atoms with E-state index in [0.29, 0.717) is 11.4 Å². The number of rotatable bonds is 5. The van der Waals surface area contributed by atoms with Crippen LogP contribution in [0, 0.1) is 5.92 Å². The maximum Gasteiger partial charge on any atom is 0.171 e. The molecule has 1 aliphatic carbocycles. The van der Waals surface area contributed by atoms with E-state index in [9.17, 15) is 4.79 Å². The van der Waals surface area contributed by atoms with Crippen molar-refractivity contribution >= 4 is 39.6 Å². The number of ketones is 1. The van der Waals surface area contributed by atoms with Gasteiger partial charge in [-0.1, -0.05) is 17.7 Å². The number of benzene rings is 1. The maximum atomic E-state index is 12.6. The monoisotopic (exact) mass is 330 g/mol. The maximum absolute atomic E-state index is 12.6. The molecule has 1 aliphatic rings. The van der Waals surface area contributed by atoms with Crippen molar-refractivity contribution in [2.45, 2.75) is 25.8 Å². The van der Waals surface area contributed by atoms with Crippen molar-refractivity contribution in [3.8, 4) is 0 Å². The SMILES string of the molecule is O=C(Cc1nccs1)c1cn(CC2CC2)c2cc(Cl)ccc12. The highest BCUT2D eigenvalue weighted by molar-refractivity contribution is 7.09. The fraction of sp³-hybridized carbons (Fsp3) is 0.294. The smallest absolute Gasteiger partial charge is 0.171 e. The van der Waals surface area contributed by atoms with Crippen LogP contribution in [0.3, 0.4) is 0 Å². The molecule has 1 saturated carbocycles. The molecule has 1 fully saturated rings. The van der Waals surface area contributed by atoms with Gasteiger partial charge in [-0.3, -0.25) is 4.79 Å². The standard InChI is InChI=1S/C17H15ClN2OS/c18-12-3-4-13-14(16(21)8-17-19-5-6-22-17)10-20(15(13)7-12)9-11-1-2-11/h3-7,10-11H,1-2,8-9H2. The third-order valence-corrected chi connectivity index (χ3v) is 5.11. The molecular weight excluding hydrogens is 316 g/mol. The number of Topliss-reactive ketones (excluding diaryl/α,β-unsaturated/α-hetero) is 1.